The molecule has 108 valence electrons. The van der Waals surface area contributed by atoms with Gasteiger partial charge in [-0.1, -0.05) is 13.8 Å². The van der Waals surface area contributed by atoms with E-state index in [0.29, 0.717) is 6.04 Å². The van der Waals surface area contributed by atoms with Gasteiger partial charge in [0.1, 0.15) is 0 Å². The Morgan fingerprint density at radius 3 is 2.80 bits per heavy atom. The lowest BCUT2D eigenvalue weighted by molar-refractivity contribution is 0.581. The third-order valence-electron chi connectivity index (χ3n) is 3.16. The van der Waals surface area contributed by atoms with Gasteiger partial charge in [-0.2, -0.15) is 0 Å². The van der Waals surface area contributed by atoms with Crippen LogP contribution in [0.4, 0.5) is 5.69 Å². The van der Waals surface area contributed by atoms with Gasteiger partial charge in [0, 0.05) is 36.4 Å². The van der Waals surface area contributed by atoms with Crippen LogP contribution in [0.2, 0.25) is 0 Å². The zero-order valence-corrected chi connectivity index (χ0v) is 13.4. The molecule has 0 fully saturated rings. The lowest BCUT2D eigenvalue weighted by Gasteiger charge is -2.19. The first-order chi connectivity index (χ1) is 9.56. The monoisotopic (exact) mass is 290 g/mol. The van der Waals surface area contributed by atoms with Crippen molar-refractivity contribution in [1.29, 1.82) is 0 Å². The molecule has 0 aliphatic rings. The molecule has 0 spiro atoms. The van der Waals surface area contributed by atoms with E-state index < -0.39 is 0 Å². The summed E-state index contributed by atoms with van der Waals surface area (Å²) < 4.78 is 0. The zero-order valence-electron chi connectivity index (χ0n) is 12.6. The second-order valence-electron chi connectivity index (χ2n) is 5.26. The molecule has 0 unspecified atom stereocenters. The number of aryl methyl sites for hydroxylation is 1. The summed E-state index contributed by atoms with van der Waals surface area (Å²) in [5.41, 5.74) is 5.29. The maximum atomic E-state index is 4.41. The van der Waals surface area contributed by atoms with Crippen LogP contribution in [0.15, 0.2) is 23.8 Å². The summed E-state index contributed by atoms with van der Waals surface area (Å²) >= 11 is 1.71. The number of thiazole rings is 1. The highest BCUT2D eigenvalue weighted by Gasteiger charge is 2.08. The maximum absolute atomic E-state index is 4.41. The molecule has 0 atom stereocenters. The van der Waals surface area contributed by atoms with Crippen molar-refractivity contribution in [3.05, 3.63) is 40.1 Å². The van der Waals surface area contributed by atoms with Crippen LogP contribution in [-0.2, 0) is 13.1 Å². The highest BCUT2D eigenvalue weighted by Crippen LogP contribution is 2.19. The van der Waals surface area contributed by atoms with Crippen LogP contribution in [0.3, 0.4) is 0 Å². The lowest BCUT2D eigenvalue weighted by Crippen LogP contribution is -2.23. The molecule has 2 rings (SSSR count). The van der Waals surface area contributed by atoms with Crippen LogP contribution >= 0.6 is 11.3 Å². The molecule has 2 aromatic rings. The van der Waals surface area contributed by atoms with Crippen LogP contribution in [0.25, 0.3) is 0 Å². The van der Waals surface area contributed by atoms with Crippen molar-refractivity contribution in [2.75, 3.05) is 11.9 Å². The Kier molecular flexibility index (Phi) is 5.09. The minimum atomic E-state index is 0.470. The summed E-state index contributed by atoms with van der Waals surface area (Å²) in [4.78, 5) is 12.3. The van der Waals surface area contributed by atoms with Crippen molar-refractivity contribution in [3.63, 3.8) is 0 Å². The van der Waals surface area contributed by atoms with Crippen molar-refractivity contribution in [1.82, 2.24) is 15.3 Å². The van der Waals surface area contributed by atoms with Gasteiger partial charge in [0.2, 0.25) is 0 Å². The molecule has 0 saturated carbocycles. The second kappa shape index (κ2) is 6.81. The molecule has 0 amide bonds. The Bertz CT molecular complexity index is 550. The Hall–Kier alpha value is -1.46. The highest BCUT2D eigenvalue weighted by atomic mass is 32.1. The first-order valence-corrected chi connectivity index (χ1v) is 7.72. The Morgan fingerprint density at radius 2 is 2.15 bits per heavy atom. The summed E-state index contributed by atoms with van der Waals surface area (Å²) in [6.07, 6.45) is 1.88. The molecule has 4 nitrogen and oxygen atoms in total. The molecule has 0 radical (unpaired) electrons. The first kappa shape index (κ1) is 14.9. The lowest BCUT2D eigenvalue weighted by atomic mass is 10.2. The van der Waals surface area contributed by atoms with Crippen LogP contribution in [0.5, 0.6) is 0 Å². The highest BCUT2D eigenvalue weighted by molar-refractivity contribution is 7.09. The van der Waals surface area contributed by atoms with Gasteiger partial charge in [0.25, 0.3) is 0 Å². The number of aromatic nitrogens is 2. The Balaban J connectivity index is 2.04. The molecule has 2 aromatic heterocycles. The smallest absolute Gasteiger partial charge is 0.0798 e. The number of pyridine rings is 1. The van der Waals surface area contributed by atoms with E-state index in [9.17, 15) is 0 Å². The summed E-state index contributed by atoms with van der Waals surface area (Å²) in [5.74, 6) is 0. The SMILES string of the molecule is Cc1ncsc1CN(C)c1ccnc(CNC(C)C)c1. The fourth-order valence-corrected chi connectivity index (χ4v) is 2.72. The molecular weight excluding hydrogens is 268 g/mol. The molecule has 20 heavy (non-hydrogen) atoms. The minimum absolute atomic E-state index is 0.470. The van der Waals surface area contributed by atoms with Gasteiger partial charge in [-0.3, -0.25) is 4.98 Å². The fourth-order valence-electron chi connectivity index (χ4n) is 1.89. The van der Waals surface area contributed by atoms with Gasteiger partial charge in [0.05, 0.1) is 23.4 Å². The zero-order chi connectivity index (χ0) is 14.5. The average Bonchev–Trinajstić information content (AvgIpc) is 2.82. The molecule has 0 bridgehead atoms. The molecule has 2 heterocycles. The van der Waals surface area contributed by atoms with Crippen molar-refractivity contribution < 1.29 is 0 Å². The number of nitrogens with zero attached hydrogens (tertiary/aromatic N) is 3. The van der Waals surface area contributed by atoms with Crippen molar-refractivity contribution >= 4 is 17.0 Å². The molecule has 0 aliphatic heterocycles. The second-order valence-corrected chi connectivity index (χ2v) is 6.20. The normalized spacial score (nSPS) is 11.1. The standard InChI is InChI=1S/C15H22N4S/c1-11(2)17-8-13-7-14(5-6-16-13)19(4)9-15-12(3)18-10-20-15/h5-7,10-11,17H,8-9H2,1-4H3. The van der Waals surface area contributed by atoms with Crippen molar-refractivity contribution in [3.8, 4) is 0 Å². The third kappa shape index (κ3) is 4.02. The van der Waals surface area contributed by atoms with Gasteiger partial charge in [0.15, 0.2) is 0 Å². The van der Waals surface area contributed by atoms with E-state index in [1.165, 1.54) is 10.6 Å². The summed E-state index contributed by atoms with van der Waals surface area (Å²) in [5, 5.41) is 3.39. The maximum Gasteiger partial charge on any atom is 0.0798 e. The summed E-state index contributed by atoms with van der Waals surface area (Å²) in [6.45, 7) is 8.03. The summed E-state index contributed by atoms with van der Waals surface area (Å²) in [7, 11) is 2.11. The number of hydrogen-bond donors (Lipinski definition) is 1. The first-order valence-electron chi connectivity index (χ1n) is 6.84. The van der Waals surface area contributed by atoms with Gasteiger partial charge in [-0.25, -0.2) is 4.98 Å². The van der Waals surface area contributed by atoms with Crippen molar-refractivity contribution in [2.24, 2.45) is 0 Å². The Labute approximate surface area is 124 Å². The number of nitrogens with one attached hydrogen (secondary N) is 1. The van der Waals surface area contributed by atoms with Gasteiger partial charge in [-0.05, 0) is 19.1 Å². The topological polar surface area (TPSA) is 41.1 Å². The predicted octanol–water partition coefficient (Wildman–Crippen LogP) is 2.98. The molecule has 1 N–H and O–H groups in total. The molecule has 0 aromatic carbocycles. The minimum Gasteiger partial charge on any atom is -0.369 e. The van der Waals surface area contributed by atoms with Gasteiger partial charge in [-0.15, -0.1) is 11.3 Å². The summed E-state index contributed by atoms with van der Waals surface area (Å²) in [6, 6.07) is 4.67. The number of rotatable bonds is 6. The van der Waals surface area contributed by atoms with E-state index in [1.807, 2.05) is 11.7 Å². The fraction of sp³-hybridized carbons (Fsp3) is 0.467. The van der Waals surface area contributed by atoms with Crippen LogP contribution in [0, 0.1) is 6.92 Å². The molecule has 0 saturated heterocycles. The quantitative estimate of drug-likeness (QED) is 0.888. The van der Waals surface area contributed by atoms with Gasteiger partial charge >= 0.3 is 0 Å². The number of anilines is 1. The van der Waals surface area contributed by atoms with Crippen LogP contribution in [0.1, 0.15) is 30.1 Å². The largest absolute Gasteiger partial charge is 0.369 e. The average molecular weight is 290 g/mol. The molecule has 0 aliphatic carbocycles. The third-order valence-corrected chi connectivity index (χ3v) is 4.08. The Morgan fingerprint density at radius 1 is 1.35 bits per heavy atom. The molecule has 5 heteroatoms. The molecular formula is C15H22N4S. The van der Waals surface area contributed by atoms with E-state index in [0.717, 1.165) is 24.5 Å². The van der Waals surface area contributed by atoms with E-state index in [1.54, 1.807) is 11.3 Å². The van der Waals surface area contributed by atoms with Crippen LogP contribution in [-0.4, -0.2) is 23.1 Å². The van der Waals surface area contributed by atoms with Gasteiger partial charge < -0.3 is 10.2 Å². The van der Waals surface area contributed by atoms with E-state index in [2.05, 4.69) is 60.1 Å². The predicted molar refractivity (Wildman–Crippen MR) is 85.2 cm³/mol. The van der Waals surface area contributed by atoms with Crippen LogP contribution < -0.4 is 10.2 Å². The van der Waals surface area contributed by atoms with E-state index in [4.69, 9.17) is 0 Å². The number of hydrogen-bond acceptors (Lipinski definition) is 5. The van der Waals surface area contributed by atoms with E-state index >= 15 is 0 Å². The van der Waals surface area contributed by atoms with E-state index in [-0.39, 0.29) is 0 Å². The van der Waals surface area contributed by atoms with Crippen molar-refractivity contribution in [2.45, 2.75) is 39.9 Å².